The summed E-state index contributed by atoms with van der Waals surface area (Å²) in [6, 6.07) is 7.56. The SMILES string of the molecule is COC(CN)C(=O)NC(C)c1ccc(OC(C)C)cc1. The zero-order valence-electron chi connectivity index (χ0n) is 12.6. The average Bonchev–Trinajstić information content (AvgIpc) is 2.40. The fraction of sp³-hybridized carbons (Fsp3) is 0.533. The number of carbonyl (C=O) groups excluding carboxylic acids is 1. The Balaban J connectivity index is 2.63. The lowest BCUT2D eigenvalue weighted by Crippen LogP contribution is -2.41. The summed E-state index contributed by atoms with van der Waals surface area (Å²) < 4.78 is 10.6. The molecule has 1 amide bonds. The highest BCUT2D eigenvalue weighted by Crippen LogP contribution is 2.18. The van der Waals surface area contributed by atoms with Gasteiger partial charge in [0.2, 0.25) is 0 Å². The van der Waals surface area contributed by atoms with Crippen LogP contribution < -0.4 is 15.8 Å². The van der Waals surface area contributed by atoms with Gasteiger partial charge in [-0.1, -0.05) is 12.1 Å². The Morgan fingerprint density at radius 2 is 1.85 bits per heavy atom. The molecule has 0 aliphatic carbocycles. The van der Waals surface area contributed by atoms with Gasteiger partial charge in [-0.2, -0.15) is 0 Å². The molecule has 0 fully saturated rings. The van der Waals surface area contributed by atoms with Gasteiger partial charge in [0.15, 0.2) is 0 Å². The van der Waals surface area contributed by atoms with E-state index in [4.69, 9.17) is 15.2 Å². The van der Waals surface area contributed by atoms with Gasteiger partial charge in [-0.3, -0.25) is 4.79 Å². The average molecular weight is 280 g/mol. The third-order valence-corrected chi connectivity index (χ3v) is 2.90. The van der Waals surface area contributed by atoms with Crippen molar-refractivity contribution in [1.82, 2.24) is 5.32 Å². The van der Waals surface area contributed by atoms with E-state index in [1.54, 1.807) is 0 Å². The smallest absolute Gasteiger partial charge is 0.250 e. The highest BCUT2D eigenvalue weighted by atomic mass is 16.5. The molecule has 0 aliphatic heterocycles. The summed E-state index contributed by atoms with van der Waals surface area (Å²) in [5.74, 6) is 0.615. The van der Waals surface area contributed by atoms with Gasteiger partial charge in [-0.15, -0.1) is 0 Å². The number of hydrogen-bond donors (Lipinski definition) is 2. The van der Waals surface area contributed by atoms with Crippen LogP contribution in [0.3, 0.4) is 0 Å². The number of amides is 1. The lowest BCUT2D eigenvalue weighted by Gasteiger charge is -2.19. The fourth-order valence-electron chi connectivity index (χ4n) is 1.81. The maximum atomic E-state index is 11.9. The van der Waals surface area contributed by atoms with Gasteiger partial charge in [-0.25, -0.2) is 0 Å². The molecule has 1 aromatic carbocycles. The van der Waals surface area contributed by atoms with Crippen LogP contribution in [0.4, 0.5) is 0 Å². The van der Waals surface area contributed by atoms with Crippen molar-refractivity contribution in [1.29, 1.82) is 0 Å². The molecule has 1 aromatic rings. The molecule has 0 saturated heterocycles. The summed E-state index contributed by atoms with van der Waals surface area (Å²) in [7, 11) is 1.47. The number of ether oxygens (including phenoxy) is 2. The van der Waals surface area contributed by atoms with Crippen LogP contribution >= 0.6 is 0 Å². The van der Waals surface area contributed by atoms with E-state index in [9.17, 15) is 4.79 Å². The van der Waals surface area contributed by atoms with Gasteiger partial charge in [0.25, 0.3) is 5.91 Å². The van der Waals surface area contributed by atoms with Gasteiger partial charge in [0, 0.05) is 13.7 Å². The predicted molar refractivity (Wildman–Crippen MR) is 78.6 cm³/mol. The van der Waals surface area contributed by atoms with Crippen molar-refractivity contribution in [3.63, 3.8) is 0 Å². The maximum absolute atomic E-state index is 11.9. The molecule has 0 heterocycles. The lowest BCUT2D eigenvalue weighted by atomic mass is 10.1. The molecule has 112 valence electrons. The Morgan fingerprint density at radius 3 is 2.30 bits per heavy atom. The Bertz CT molecular complexity index is 414. The van der Waals surface area contributed by atoms with Crippen LogP contribution in [-0.4, -0.2) is 31.8 Å². The number of rotatable bonds is 7. The largest absolute Gasteiger partial charge is 0.491 e. The highest BCUT2D eigenvalue weighted by molar-refractivity contribution is 5.81. The quantitative estimate of drug-likeness (QED) is 0.796. The summed E-state index contributed by atoms with van der Waals surface area (Å²) in [4.78, 5) is 11.9. The molecular formula is C15H24N2O3. The Morgan fingerprint density at radius 1 is 1.25 bits per heavy atom. The second-order valence-electron chi connectivity index (χ2n) is 4.93. The van der Waals surface area contributed by atoms with Crippen molar-refractivity contribution in [2.45, 2.75) is 39.0 Å². The molecule has 1 rings (SSSR count). The van der Waals surface area contributed by atoms with Crippen molar-refractivity contribution in [3.05, 3.63) is 29.8 Å². The summed E-state index contributed by atoms with van der Waals surface area (Å²) >= 11 is 0. The molecule has 0 radical (unpaired) electrons. The molecule has 2 unspecified atom stereocenters. The van der Waals surface area contributed by atoms with E-state index in [1.165, 1.54) is 7.11 Å². The second-order valence-corrected chi connectivity index (χ2v) is 4.93. The molecule has 0 spiro atoms. The number of methoxy groups -OCH3 is 1. The first-order valence-electron chi connectivity index (χ1n) is 6.77. The first-order chi connectivity index (χ1) is 9.47. The second kappa shape index (κ2) is 7.87. The van der Waals surface area contributed by atoms with E-state index in [-0.39, 0.29) is 24.6 Å². The summed E-state index contributed by atoms with van der Waals surface area (Å²) in [6.07, 6.45) is -0.467. The molecule has 2 atom stereocenters. The molecule has 0 bridgehead atoms. The summed E-state index contributed by atoms with van der Waals surface area (Å²) in [5, 5.41) is 2.87. The van der Waals surface area contributed by atoms with Crippen LogP contribution in [0.25, 0.3) is 0 Å². The number of nitrogens with two attached hydrogens (primary N) is 1. The molecular weight excluding hydrogens is 256 g/mol. The van der Waals surface area contributed by atoms with Gasteiger partial charge < -0.3 is 20.5 Å². The van der Waals surface area contributed by atoms with Gasteiger partial charge in [-0.05, 0) is 38.5 Å². The first-order valence-corrected chi connectivity index (χ1v) is 6.77. The topological polar surface area (TPSA) is 73.6 Å². The van der Waals surface area contributed by atoms with Crippen molar-refractivity contribution in [3.8, 4) is 5.75 Å². The number of benzene rings is 1. The molecule has 0 aromatic heterocycles. The third-order valence-electron chi connectivity index (χ3n) is 2.90. The molecule has 0 saturated carbocycles. The van der Waals surface area contributed by atoms with E-state index in [2.05, 4.69) is 5.32 Å². The highest BCUT2D eigenvalue weighted by Gasteiger charge is 2.18. The van der Waals surface area contributed by atoms with Crippen LogP contribution in [-0.2, 0) is 9.53 Å². The van der Waals surface area contributed by atoms with Crippen LogP contribution in [0, 0.1) is 0 Å². The minimum atomic E-state index is -0.610. The molecule has 5 nitrogen and oxygen atoms in total. The van der Waals surface area contributed by atoms with Crippen molar-refractivity contribution in [2.24, 2.45) is 5.73 Å². The van der Waals surface area contributed by atoms with Gasteiger partial charge >= 0.3 is 0 Å². The predicted octanol–water partition coefficient (Wildman–Crippen LogP) is 1.62. The maximum Gasteiger partial charge on any atom is 0.250 e. The molecule has 20 heavy (non-hydrogen) atoms. The van der Waals surface area contributed by atoms with Crippen molar-refractivity contribution in [2.75, 3.05) is 13.7 Å². The zero-order valence-corrected chi connectivity index (χ0v) is 12.6. The number of nitrogens with one attached hydrogen (secondary N) is 1. The minimum Gasteiger partial charge on any atom is -0.491 e. The third kappa shape index (κ3) is 4.83. The fourth-order valence-corrected chi connectivity index (χ4v) is 1.81. The van der Waals surface area contributed by atoms with Gasteiger partial charge in [0.05, 0.1) is 12.1 Å². The van der Waals surface area contributed by atoms with E-state index in [1.807, 2.05) is 45.0 Å². The zero-order chi connectivity index (χ0) is 15.1. The standard InChI is InChI=1S/C15H24N2O3/c1-10(2)20-13-7-5-12(6-8-13)11(3)17-15(18)14(9-16)19-4/h5-8,10-11,14H,9,16H2,1-4H3,(H,17,18). The van der Waals surface area contributed by atoms with Crippen LogP contribution in [0.15, 0.2) is 24.3 Å². The normalized spacial score (nSPS) is 13.9. The molecule has 5 heteroatoms. The molecule has 3 N–H and O–H groups in total. The monoisotopic (exact) mass is 280 g/mol. The van der Waals surface area contributed by atoms with E-state index in [0.717, 1.165) is 11.3 Å². The lowest BCUT2D eigenvalue weighted by molar-refractivity contribution is -0.131. The van der Waals surface area contributed by atoms with Crippen LogP contribution in [0.2, 0.25) is 0 Å². The summed E-state index contributed by atoms with van der Waals surface area (Å²) in [6.45, 7) is 6.04. The molecule has 0 aliphatic rings. The van der Waals surface area contributed by atoms with E-state index < -0.39 is 6.10 Å². The van der Waals surface area contributed by atoms with Crippen LogP contribution in [0.5, 0.6) is 5.75 Å². The van der Waals surface area contributed by atoms with Gasteiger partial charge in [0.1, 0.15) is 11.9 Å². The van der Waals surface area contributed by atoms with Crippen LogP contribution in [0.1, 0.15) is 32.4 Å². The Hall–Kier alpha value is -1.59. The van der Waals surface area contributed by atoms with Crippen molar-refractivity contribution < 1.29 is 14.3 Å². The number of hydrogen-bond acceptors (Lipinski definition) is 4. The summed E-state index contributed by atoms with van der Waals surface area (Å²) in [5.41, 5.74) is 6.46. The van der Waals surface area contributed by atoms with Crippen molar-refractivity contribution >= 4 is 5.91 Å². The first kappa shape index (κ1) is 16.5. The minimum absolute atomic E-state index is 0.111. The van der Waals surface area contributed by atoms with E-state index >= 15 is 0 Å². The van der Waals surface area contributed by atoms with E-state index in [0.29, 0.717) is 0 Å². The Labute approximate surface area is 120 Å². The number of carbonyl (C=O) groups is 1. The Kier molecular flexibility index (Phi) is 6.48.